The summed E-state index contributed by atoms with van der Waals surface area (Å²) in [6.45, 7) is 3.04. The number of nitrogens with one attached hydrogen (secondary N) is 1. The fourth-order valence-electron chi connectivity index (χ4n) is 2.54. The molecule has 0 atom stereocenters. The first-order chi connectivity index (χ1) is 11.8. The second-order valence-electron chi connectivity index (χ2n) is 5.31. The van der Waals surface area contributed by atoms with Crippen LogP contribution in [0, 0.1) is 0 Å². The number of anilines is 2. The van der Waals surface area contributed by atoms with Gasteiger partial charge in [0.2, 0.25) is 0 Å². The normalized spacial score (nSPS) is 14.1. The summed E-state index contributed by atoms with van der Waals surface area (Å²) in [5.41, 5.74) is 1.58. The average molecular weight is 328 g/mol. The van der Waals surface area contributed by atoms with Gasteiger partial charge >= 0.3 is 6.09 Å². The highest BCUT2D eigenvalue weighted by atomic mass is 16.6. The predicted octanol–water partition coefficient (Wildman–Crippen LogP) is 3.14. The van der Waals surface area contributed by atoms with Crippen LogP contribution in [-0.4, -0.2) is 39.5 Å². The van der Waals surface area contributed by atoms with Gasteiger partial charge in [-0.2, -0.15) is 0 Å². The lowest BCUT2D eigenvalue weighted by Crippen LogP contribution is -2.36. The molecular weight excluding hydrogens is 308 g/mol. The molecule has 1 fully saturated rings. The number of morpholine rings is 1. The topological polar surface area (TPSA) is 60.0 Å². The molecule has 1 N–H and O–H groups in total. The Morgan fingerprint density at radius 3 is 2.58 bits per heavy atom. The molecule has 0 unspecified atom stereocenters. The fourth-order valence-corrected chi connectivity index (χ4v) is 2.54. The minimum Gasteiger partial charge on any atom is -0.495 e. The number of amides is 1. The third kappa shape index (κ3) is 3.97. The van der Waals surface area contributed by atoms with Gasteiger partial charge in [-0.1, -0.05) is 18.2 Å². The largest absolute Gasteiger partial charge is 0.495 e. The zero-order chi connectivity index (χ0) is 16.8. The Balaban J connectivity index is 1.74. The van der Waals surface area contributed by atoms with Gasteiger partial charge in [0.1, 0.15) is 11.5 Å². The molecule has 2 aromatic carbocycles. The molecule has 2 aromatic rings. The first kappa shape index (κ1) is 16.1. The summed E-state index contributed by atoms with van der Waals surface area (Å²) in [5.74, 6) is 1.07. The number of carbonyl (C=O) groups is 1. The summed E-state index contributed by atoms with van der Waals surface area (Å²) in [5, 5.41) is 2.75. The maximum Gasteiger partial charge on any atom is 0.417 e. The smallest absolute Gasteiger partial charge is 0.417 e. The minimum atomic E-state index is -0.557. The number of hydrogen-bond acceptors (Lipinski definition) is 5. The van der Waals surface area contributed by atoms with Gasteiger partial charge in [0.25, 0.3) is 0 Å². The van der Waals surface area contributed by atoms with Gasteiger partial charge in [-0.3, -0.25) is 5.32 Å². The van der Waals surface area contributed by atoms with Crippen molar-refractivity contribution in [2.45, 2.75) is 0 Å². The summed E-state index contributed by atoms with van der Waals surface area (Å²) in [7, 11) is 1.57. The van der Waals surface area contributed by atoms with E-state index in [4.69, 9.17) is 14.2 Å². The van der Waals surface area contributed by atoms with Crippen LogP contribution >= 0.6 is 0 Å². The zero-order valence-corrected chi connectivity index (χ0v) is 13.5. The Hall–Kier alpha value is -2.73. The third-order valence-electron chi connectivity index (χ3n) is 3.75. The van der Waals surface area contributed by atoms with Gasteiger partial charge in [0.05, 0.1) is 26.0 Å². The molecule has 0 aromatic heterocycles. The molecule has 1 heterocycles. The van der Waals surface area contributed by atoms with Gasteiger partial charge < -0.3 is 19.1 Å². The number of rotatable bonds is 4. The van der Waals surface area contributed by atoms with Gasteiger partial charge in [-0.25, -0.2) is 4.79 Å². The van der Waals surface area contributed by atoms with Crippen molar-refractivity contribution in [3.8, 4) is 11.5 Å². The quantitative estimate of drug-likeness (QED) is 0.934. The molecule has 3 rings (SSSR count). The van der Waals surface area contributed by atoms with Crippen molar-refractivity contribution in [3.63, 3.8) is 0 Å². The maximum absolute atomic E-state index is 12.1. The number of carbonyl (C=O) groups excluding carboxylic acids is 1. The molecule has 24 heavy (non-hydrogen) atoms. The predicted molar refractivity (Wildman–Crippen MR) is 92.1 cm³/mol. The van der Waals surface area contributed by atoms with Crippen molar-refractivity contribution in [1.82, 2.24) is 0 Å². The number of methoxy groups -OCH3 is 1. The van der Waals surface area contributed by atoms with Crippen LogP contribution in [0.4, 0.5) is 16.2 Å². The molecular formula is C18H20N2O4. The summed E-state index contributed by atoms with van der Waals surface area (Å²) in [6, 6.07) is 14.6. The van der Waals surface area contributed by atoms with E-state index in [1.807, 2.05) is 36.4 Å². The van der Waals surface area contributed by atoms with Crippen molar-refractivity contribution >= 4 is 17.5 Å². The van der Waals surface area contributed by atoms with Crippen LogP contribution in [0.25, 0.3) is 0 Å². The van der Waals surface area contributed by atoms with E-state index in [-0.39, 0.29) is 0 Å². The zero-order valence-electron chi connectivity index (χ0n) is 13.5. The Morgan fingerprint density at radius 2 is 1.88 bits per heavy atom. The highest BCUT2D eigenvalue weighted by molar-refractivity contribution is 5.89. The van der Waals surface area contributed by atoms with Gasteiger partial charge in [0.15, 0.2) is 0 Å². The second kappa shape index (κ2) is 7.70. The van der Waals surface area contributed by atoms with Crippen LogP contribution in [0.1, 0.15) is 0 Å². The van der Waals surface area contributed by atoms with E-state index >= 15 is 0 Å². The maximum atomic E-state index is 12.1. The fraction of sp³-hybridized carbons (Fsp3) is 0.278. The molecule has 126 valence electrons. The van der Waals surface area contributed by atoms with E-state index < -0.39 is 6.09 Å². The Labute approximate surface area is 140 Å². The van der Waals surface area contributed by atoms with Crippen LogP contribution in [0.3, 0.4) is 0 Å². The lowest BCUT2D eigenvalue weighted by atomic mass is 10.2. The first-order valence-electron chi connectivity index (χ1n) is 7.81. The number of hydrogen-bond donors (Lipinski definition) is 1. The van der Waals surface area contributed by atoms with Gasteiger partial charge in [0, 0.05) is 18.8 Å². The average Bonchev–Trinajstić information content (AvgIpc) is 2.63. The highest BCUT2D eigenvalue weighted by Crippen LogP contribution is 2.30. The third-order valence-corrected chi connectivity index (χ3v) is 3.75. The molecule has 1 amide bonds. The summed E-state index contributed by atoms with van der Waals surface area (Å²) in [6.07, 6.45) is -0.557. The van der Waals surface area contributed by atoms with Crippen LogP contribution in [0.2, 0.25) is 0 Å². The molecule has 6 nitrogen and oxygen atoms in total. The standard InChI is InChI=1S/C18H20N2O4/c1-22-17-8-7-14(20-9-11-23-12-10-20)13-16(17)19-18(21)24-15-5-3-2-4-6-15/h2-8,13H,9-12H2,1H3,(H,19,21). The molecule has 0 spiro atoms. The lowest BCUT2D eigenvalue weighted by Gasteiger charge is -2.29. The Kier molecular flexibility index (Phi) is 5.18. The van der Waals surface area contributed by atoms with E-state index in [0.717, 1.165) is 18.8 Å². The van der Waals surface area contributed by atoms with E-state index in [1.165, 1.54) is 0 Å². The van der Waals surface area contributed by atoms with E-state index in [1.54, 1.807) is 19.2 Å². The summed E-state index contributed by atoms with van der Waals surface area (Å²) in [4.78, 5) is 14.3. The van der Waals surface area contributed by atoms with E-state index in [2.05, 4.69) is 10.2 Å². The Morgan fingerprint density at radius 1 is 1.12 bits per heavy atom. The SMILES string of the molecule is COc1ccc(N2CCOCC2)cc1NC(=O)Oc1ccccc1. The molecule has 0 aliphatic carbocycles. The van der Waals surface area contributed by atoms with E-state index in [9.17, 15) is 4.79 Å². The number of benzene rings is 2. The van der Waals surface area contributed by atoms with Crippen molar-refractivity contribution in [3.05, 3.63) is 48.5 Å². The molecule has 1 saturated heterocycles. The van der Waals surface area contributed by atoms with Crippen LogP contribution in [0.15, 0.2) is 48.5 Å². The van der Waals surface area contributed by atoms with Crippen molar-refractivity contribution in [2.75, 3.05) is 43.6 Å². The minimum absolute atomic E-state index is 0.485. The molecule has 1 aliphatic heterocycles. The molecule has 1 aliphatic rings. The van der Waals surface area contributed by atoms with Gasteiger partial charge in [-0.15, -0.1) is 0 Å². The molecule has 6 heteroatoms. The van der Waals surface area contributed by atoms with E-state index in [0.29, 0.717) is 30.4 Å². The lowest BCUT2D eigenvalue weighted by molar-refractivity contribution is 0.122. The second-order valence-corrected chi connectivity index (χ2v) is 5.31. The summed E-state index contributed by atoms with van der Waals surface area (Å²) < 4.78 is 16.0. The first-order valence-corrected chi connectivity index (χ1v) is 7.81. The number of nitrogens with zero attached hydrogens (tertiary/aromatic N) is 1. The highest BCUT2D eigenvalue weighted by Gasteiger charge is 2.15. The number of ether oxygens (including phenoxy) is 3. The van der Waals surface area contributed by atoms with Crippen molar-refractivity contribution < 1.29 is 19.0 Å². The molecule has 0 bridgehead atoms. The van der Waals surface area contributed by atoms with Crippen LogP contribution in [-0.2, 0) is 4.74 Å². The summed E-state index contributed by atoms with van der Waals surface area (Å²) >= 11 is 0. The monoisotopic (exact) mass is 328 g/mol. The molecule has 0 radical (unpaired) electrons. The van der Waals surface area contributed by atoms with Crippen LogP contribution in [0.5, 0.6) is 11.5 Å². The van der Waals surface area contributed by atoms with Gasteiger partial charge in [-0.05, 0) is 30.3 Å². The molecule has 0 saturated carbocycles. The van der Waals surface area contributed by atoms with Crippen molar-refractivity contribution in [2.24, 2.45) is 0 Å². The van der Waals surface area contributed by atoms with Crippen LogP contribution < -0.4 is 19.7 Å². The Bertz CT molecular complexity index is 685. The van der Waals surface area contributed by atoms with Crippen molar-refractivity contribution in [1.29, 1.82) is 0 Å². The number of para-hydroxylation sites is 1.